The molecule has 2 rings (SSSR count). The summed E-state index contributed by atoms with van der Waals surface area (Å²) in [6.07, 6.45) is 0. The Labute approximate surface area is 82.7 Å². The number of hydrogen-bond acceptors (Lipinski definition) is 3. The molecule has 0 fully saturated rings. The zero-order valence-electron chi connectivity index (χ0n) is 8.27. The summed E-state index contributed by atoms with van der Waals surface area (Å²) in [5, 5.41) is 7.59. The van der Waals surface area contributed by atoms with Crippen LogP contribution in [-0.4, -0.2) is 10.4 Å². The third-order valence-corrected chi connectivity index (χ3v) is 2.08. The lowest BCUT2D eigenvalue weighted by Gasteiger charge is -2.01. The molecule has 3 heteroatoms. The number of rotatable bonds is 2. The van der Waals surface area contributed by atoms with Gasteiger partial charge in [-0.1, -0.05) is 44.2 Å². The number of nitrogens with zero attached hydrogens (tertiary/aromatic N) is 2. The van der Waals surface area contributed by atoms with E-state index in [2.05, 4.69) is 24.2 Å². The van der Waals surface area contributed by atoms with Gasteiger partial charge in [0.1, 0.15) is 5.69 Å². The van der Waals surface area contributed by atoms with E-state index in [1.807, 2.05) is 30.3 Å². The van der Waals surface area contributed by atoms with Gasteiger partial charge in [-0.3, -0.25) is 0 Å². The van der Waals surface area contributed by atoms with E-state index in [1.54, 1.807) is 0 Å². The van der Waals surface area contributed by atoms with Crippen LogP contribution in [-0.2, 0) is 0 Å². The Kier molecular flexibility index (Phi) is 2.31. The van der Waals surface area contributed by atoms with Crippen LogP contribution >= 0.6 is 0 Å². The SMILES string of the molecule is CC(C)c1onnc1-c1ccccc1. The Morgan fingerprint density at radius 2 is 1.86 bits per heavy atom. The lowest BCUT2D eigenvalue weighted by molar-refractivity contribution is 0.352. The summed E-state index contributed by atoms with van der Waals surface area (Å²) in [5.41, 5.74) is 1.90. The van der Waals surface area contributed by atoms with Crippen LogP contribution in [0.3, 0.4) is 0 Å². The molecule has 0 aliphatic rings. The summed E-state index contributed by atoms with van der Waals surface area (Å²) in [6, 6.07) is 9.95. The maximum atomic E-state index is 5.12. The monoisotopic (exact) mass is 188 g/mol. The first kappa shape index (κ1) is 8.94. The van der Waals surface area contributed by atoms with E-state index in [0.29, 0.717) is 5.92 Å². The highest BCUT2D eigenvalue weighted by Crippen LogP contribution is 2.26. The Hall–Kier alpha value is -1.64. The van der Waals surface area contributed by atoms with Crippen LogP contribution in [0.15, 0.2) is 34.9 Å². The van der Waals surface area contributed by atoms with Crippen molar-refractivity contribution in [3.05, 3.63) is 36.1 Å². The Balaban J connectivity index is 2.47. The molecular weight excluding hydrogens is 176 g/mol. The van der Waals surface area contributed by atoms with E-state index in [9.17, 15) is 0 Å². The number of benzene rings is 1. The van der Waals surface area contributed by atoms with Gasteiger partial charge in [-0.2, -0.15) is 0 Å². The first-order chi connectivity index (χ1) is 6.79. The molecule has 0 radical (unpaired) electrons. The van der Waals surface area contributed by atoms with Crippen molar-refractivity contribution in [2.24, 2.45) is 0 Å². The molecule has 0 saturated carbocycles. The minimum atomic E-state index is 0.306. The molecule has 1 heterocycles. The first-order valence-corrected chi connectivity index (χ1v) is 4.66. The van der Waals surface area contributed by atoms with Gasteiger partial charge >= 0.3 is 0 Å². The van der Waals surface area contributed by atoms with Crippen LogP contribution in [0.5, 0.6) is 0 Å². The van der Waals surface area contributed by atoms with Crippen molar-refractivity contribution in [3.8, 4) is 11.3 Å². The minimum absolute atomic E-state index is 0.306. The molecule has 0 bridgehead atoms. The smallest absolute Gasteiger partial charge is 0.167 e. The molecule has 3 nitrogen and oxygen atoms in total. The molecule has 0 atom stereocenters. The van der Waals surface area contributed by atoms with Crippen LogP contribution < -0.4 is 0 Å². The highest BCUT2D eigenvalue weighted by atomic mass is 16.5. The average molecular weight is 188 g/mol. The fourth-order valence-corrected chi connectivity index (χ4v) is 1.37. The van der Waals surface area contributed by atoms with E-state index in [1.165, 1.54) is 0 Å². The fourth-order valence-electron chi connectivity index (χ4n) is 1.37. The van der Waals surface area contributed by atoms with Gasteiger partial charge in [-0.05, 0) is 0 Å². The molecule has 2 aromatic rings. The summed E-state index contributed by atoms with van der Waals surface area (Å²) < 4.78 is 5.12. The van der Waals surface area contributed by atoms with Crippen molar-refractivity contribution in [1.82, 2.24) is 10.4 Å². The van der Waals surface area contributed by atoms with Gasteiger partial charge in [0.05, 0.1) is 0 Å². The van der Waals surface area contributed by atoms with Gasteiger partial charge in [-0.15, -0.1) is 5.10 Å². The van der Waals surface area contributed by atoms with Crippen LogP contribution in [0.2, 0.25) is 0 Å². The first-order valence-electron chi connectivity index (χ1n) is 4.66. The molecule has 0 N–H and O–H groups in total. The van der Waals surface area contributed by atoms with E-state index in [-0.39, 0.29) is 0 Å². The second-order valence-corrected chi connectivity index (χ2v) is 3.51. The fraction of sp³-hybridized carbons (Fsp3) is 0.273. The quantitative estimate of drug-likeness (QED) is 0.727. The maximum Gasteiger partial charge on any atom is 0.167 e. The summed E-state index contributed by atoms with van der Waals surface area (Å²) in [6.45, 7) is 4.13. The normalized spacial score (nSPS) is 10.8. The lowest BCUT2D eigenvalue weighted by atomic mass is 10.0. The summed E-state index contributed by atoms with van der Waals surface area (Å²) in [5.74, 6) is 1.15. The molecule has 1 aromatic heterocycles. The number of aromatic nitrogens is 2. The Morgan fingerprint density at radius 1 is 1.14 bits per heavy atom. The van der Waals surface area contributed by atoms with Crippen LogP contribution in [0.4, 0.5) is 0 Å². The highest BCUT2D eigenvalue weighted by Gasteiger charge is 2.14. The minimum Gasteiger partial charge on any atom is -0.341 e. The molecule has 0 amide bonds. The van der Waals surface area contributed by atoms with E-state index in [0.717, 1.165) is 17.0 Å². The van der Waals surface area contributed by atoms with Gasteiger partial charge in [0.25, 0.3) is 0 Å². The molecule has 0 saturated heterocycles. The lowest BCUT2D eigenvalue weighted by Crippen LogP contribution is -1.88. The zero-order valence-corrected chi connectivity index (χ0v) is 8.27. The van der Waals surface area contributed by atoms with Crippen LogP contribution in [0, 0.1) is 0 Å². The zero-order chi connectivity index (χ0) is 9.97. The van der Waals surface area contributed by atoms with E-state index >= 15 is 0 Å². The third-order valence-electron chi connectivity index (χ3n) is 2.08. The van der Waals surface area contributed by atoms with Gasteiger partial charge in [0, 0.05) is 16.8 Å². The molecule has 1 aromatic carbocycles. The van der Waals surface area contributed by atoms with Gasteiger partial charge in [-0.25, -0.2) is 0 Å². The third kappa shape index (κ3) is 1.53. The molecular formula is C11H12N2O. The molecule has 72 valence electrons. The maximum absolute atomic E-state index is 5.12. The van der Waals surface area contributed by atoms with Crippen LogP contribution in [0.1, 0.15) is 25.5 Å². The summed E-state index contributed by atoms with van der Waals surface area (Å²) in [7, 11) is 0. The van der Waals surface area contributed by atoms with Gasteiger partial charge in [0.15, 0.2) is 5.76 Å². The predicted molar refractivity (Wildman–Crippen MR) is 53.8 cm³/mol. The van der Waals surface area contributed by atoms with Crippen molar-refractivity contribution in [2.75, 3.05) is 0 Å². The molecule has 0 aliphatic heterocycles. The number of hydrogen-bond donors (Lipinski definition) is 0. The average Bonchev–Trinajstić information content (AvgIpc) is 2.67. The molecule has 0 spiro atoms. The van der Waals surface area contributed by atoms with Crippen molar-refractivity contribution < 1.29 is 4.52 Å². The standard InChI is InChI=1S/C11H12N2O/c1-8(2)11-10(12-13-14-11)9-6-4-3-5-7-9/h3-8H,1-2H3. The van der Waals surface area contributed by atoms with Crippen molar-refractivity contribution in [3.63, 3.8) is 0 Å². The van der Waals surface area contributed by atoms with Crippen molar-refractivity contribution in [1.29, 1.82) is 0 Å². The predicted octanol–water partition coefficient (Wildman–Crippen LogP) is 2.86. The molecule has 14 heavy (non-hydrogen) atoms. The highest BCUT2D eigenvalue weighted by molar-refractivity contribution is 5.60. The molecule has 0 aliphatic carbocycles. The van der Waals surface area contributed by atoms with Crippen molar-refractivity contribution >= 4 is 0 Å². The van der Waals surface area contributed by atoms with Gasteiger partial charge < -0.3 is 4.52 Å². The summed E-state index contributed by atoms with van der Waals surface area (Å²) >= 11 is 0. The Bertz CT molecular complexity index is 406. The van der Waals surface area contributed by atoms with E-state index < -0.39 is 0 Å². The second kappa shape index (κ2) is 3.62. The van der Waals surface area contributed by atoms with Crippen LogP contribution in [0.25, 0.3) is 11.3 Å². The largest absolute Gasteiger partial charge is 0.341 e. The second-order valence-electron chi connectivity index (χ2n) is 3.51. The van der Waals surface area contributed by atoms with Gasteiger partial charge in [0.2, 0.25) is 0 Å². The Morgan fingerprint density at radius 3 is 2.50 bits per heavy atom. The summed E-state index contributed by atoms with van der Waals surface area (Å²) in [4.78, 5) is 0. The van der Waals surface area contributed by atoms with Crippen molar-refractivity contribution in [2.45, 2.75) is 19.8 Å². The van der Waals surface area contributed by atoms with E-state index in [4.69, 9.17) is 4.52 Å². The molecule has 0 unspecified atom stereocenters. The topological polar surface area (TPSA) is 38.9 Å².